The highest BCUT2D eigenvalue weighted by atomic mass is 16.6. The summed E-state index contributed by atoms with van der Waals surface area (Å²) in [6, 6.07) is 13.4. The van der Waals surface area contributed by atoms with Crippen molar-refractivity contribution in [2.45, 2.75) is 25.4 Å². The van der Waals surface area contributed by atoms with Crippen molar-refractivity contribution in [1.29, 1.82) is 0 Å². The Morgan fingerprint density at radius 3 is 2.79 bits per heavy atom. The zero-order chi connectivity index (χ0) is 19.8. The van der Waals surface area contributed by atoms with Gasteiger partial charge in [-0.05, 0) is 43.5 Å². The fraction of sp³-hybridized carbons (Fsp3) is 0.286. The zero-order valence-corrected chi connectivity index (χ0v) is 15.4. The maximum atomic E-state index is 12.3. The van der Waals surface area contributed by atoms with Gasteiger partial charge in [0, 0.05) is 18.7 Å². The SMILES string of the molecule is O=C(/C=C/c1ccccc1[N+](=O)[O-])Nc1ccccc1OCC1CCCCO1. The van der Waals surface area contributed by atoms with Gasteiger partial charge in [0.05, 0.1) is 22.3 Å². The lowest BCUT2D eigenvalue weighted by molar-refractivity contribution is -0.385. The number of carbonyl (C=O) groups is 1. The van der Waals surface area contributed by atoms with Crippen molar-refractivity contribution in [1.82, 2.24) is 0 Å². The fourth-order valence-corrected chi connectivity index (χ4v) is 2.95. The summed E-state index contributed by atoms with van der Waals surface area (Å²) >= 11 is 0. The number of amides is 1. The molecule has 2 aromatic rings. The molecule has 0 aliphatic carbocycles. The molecule has 0 spiro atoms. The van der Waals surface area contributed by atoms with E-state index in [1.54, 1.807) is 36.4 Å². The van der Waals surface area contributed by atoms with E-state index in [4.69, 9.17) is 9.47 Å². The number of nitrogens with zero attached hydrogens (tertiary/aromatic N) is 1. The maximum Gasteiger partial charge on any atom is 0.276 e. The largest absolute Gasteiger partial charge is 0.489 e. The van der Waals surface area contributed by atoms with Crippen LogP contribution in [0.15, 0.2) is 54.6 Å². The van der Waals surface area contributed by atoms with Crippen molar-refractivity contribution < 1.29 is 19.2 Å². The minimum Gasteiger partial charge on any atom is -0.489 e. The van der Waals surface area contributed by atoms with Gasteiger partial charge in [-0.2, -0.15) is 0 Å². The topological polar surface area (TPSA) is 90.7 Å². The van der Waals surface area contributed by atoms with Gasteiger partial charge in [-0.15, -0.1) is 0 Å². The summed E-state index contributed by atoms with van der Waals surface area (Å²) in [6.45, 7) is 1.18. The Hall–Kier alpha value is -3.19. The Kier molecular flexibility index (Phi) is 6.75. The number of nitro groups is 1. The molecule has 1 atom stereocenters. The summed E-state index contributed by atoms with van der Waals surface area (Å²) in [5.74, 6) is 0.159. The molecule has 1 heterocycles. The number of anilines is 1. The van der Waals surface area contributed by atoms with Crippen LogP contribution >= 0.6 is 0 Å². The Balaban J connectivity index is 1.63. The molecule has 2 aromatic carbocycles. The molecule has 1 saturated heterocycles. The van der Waals surface area contributed by atoms with E-state index in [0.29, 0.717) is 23.6 Å². The molecule has 7 nitrogen and oxygen atoms in total. The lowest BCUT2D eigenvalue weighted by atomic mass is 10.1. The number of ether oxygens (including phenoxy) is 2. The minimum absolute atomic E-state index is 0.0530. The second-order valence-corrected chi connectivity index (χ2v) is 6.43. The van der Waals surface area contributed by atoms with Crippen LogP contribution in [0, 0.1) is 10.1 Å². The highest BCUT2D eigenvalue weighted by Crippen LogP contribution is 2.25. The number of carbonyl (C=O) groups excluding carboxylic acids is 1. The predicted octanol–water partition coefficient (Wildman–Crippen LogP) is 4.19. The number of nitro benzene ring substituents is 1. The number of hydrogen-bond donors (Lipinski definition) is 1. The van der Waals surface area contributed by atoms with Crippen LogP contribution in [0.4, 0.5) is 11.4 Å². The first-order chi connectivity index (χ1) is 13.6. The molecule has 146 valence electrons. The number of rotatable bonds is 7. The van der Waals surface area contributed by atoms with Crippen LogP contribution in [0.1, 0.15) is 24.8 Å². The van der Waals surface area contributed by atoms with Crippen LogP contribution in [-0.4, -0.2) is 30.1 Å². The average Bonchev–Trinajstić information content (AvgIpc) is 2.72. The lowest BCUT2D eigenvalue weighted by Crippen LogP contribution is -2.26. The molecule has 1 N–H and O–H groups in total. The van der Waals surface area contributed by atoms with Gasteiger partial charge >= 0.3 is 0 Å². The van der Waals surface area contributed by atoms with Crippen LogP contribution in [-0.2, 0) is 9.53 Å². The number of hydrogen-bond acceptors (Lipinski definition) is 5. The normalized spacial score (nSPS) is 16.6. The molecule has 1 aliphatic heterocycles. The summed E-state index contributed by atoms with van der Waals surface area (Å²) in [6.07, 6.45) is 5.93. The van der Waals surface area contributed by atoms with E-state index in [1.807, 2.05) is 6.07 Å². The molecule has 0 bridgehead atoms. The average molecular weight is 382 g/mol. The molecular weight excluding hydrogens is 360 g/mol. The van der Waals surface area contributed by atoms with Gasteiger partial charge in [0.15, 0.2) is 0 Å². The summed E-state index contributed by atoms with van der Waals surface area (Å²) in [7, 11) is 0. The number of nitrogens with one attached hydrogen (secondary N) is 1. The minimum atomic E-state index is -0.478. The zero-order valence-electron chi connectivity index (χ0n) is 15.4. The molecule has 28 heavy (non-hydrogen) atoms. The van der Waals surface area contributed by atoms with Gasteiger partial charge in [0.25, 0.3) is 5.69 Å². The van der Waals surface area contributed by atoms with Gasteiger partial charge in [-0.25, -0.2) is 0 Å². The smallest absolute Gasteiger partial charge is 0.276 e. The van der Waals surface area contributed by atoms with Crippen LogP contribution in [0.5, 0.6) is 5.75 Å². The molecule has 0 radical (unpaired) electrons. The second kappa shape index (κ2) is 9.66. The van der Waals surface area contributed by atoms with Crippen LogP contribution in [0.2, 0.25) is 0 Å². The number of para-hydroxylation sites is 3. The highest BCUT2D eigenvalue weighted by Gasteiger charge is 2.15. The molecule has 7 heteroatoms. The summed E-state index contributed by atoms with van der Waals surface area (Å²) < 4.78 is 11.5. The van der Waals surface area contributed by atoms with Gasteiger partial charge in [-0.1, -0.05) is 24.3 Å². The Bertz CT molecular complexity index is 859. The van der Waals surface area contributed by atoms with Crippen molar-refractivity contribution in [3.05, 3.63) is 70.3 Å². The first-order valence-corrected chi connectivity index (χ1v) is 9.19. The van der Waals surface area contributed by atoms with Crippen molar-refractivity contribution in [3.8, 4) is 5.75 Å². The quantitative estimate of drug-likeness (QED) is 0.440. The van der Waals surface area contributed by atoms with E-state index in [9.17, 15) is 14.9 Å². The van der Waals surface area contributed by atoms with Gasteiger partial charge in [-0.3, -0.25) is 14.9 Å². The molecule has 1 amide bonds. The van der Waals surface area contributed by atoms with Gasteiger partial charge < -0.3 is 14.8 Å². The van der Waals surface area contributed by atoms with E-state index < -0.39 is 10.8 Å². The maximum absolute atomic E-state index is 12.3. The number of benzene rings is 2. The third-order valence-corrected chi connectivity index (χ3v) is 4.39. The fourth-order valence-electron chi connectivity index (χ4n) is 2.95. The predicted molar refractivity (Wildman–Crippen MR) is 106 cm³/mol. The molecule has 1 unspecified atom stereocenters. The summed E-state index contributed by atoms with van der Waals surface area (Å²) in [5, 5.41) is 13.8. The van der Waals surface area contributed by atoms with Crippen molar-refractivity contribution in [2.75, 3.05) is 18.5 Å². The third-order valence-electron chi connectivity index (χ3n) is 4.39. The standard InChI is InChI=1S/C21H22N2O5/c24-21(13-12-16-7-1-3-10-19(16)23(25)26)22-18-9-2-4-11-20(18)28-15-17-8-5-6-14-27-17/h1-4,7,9-13,17H,5-6,8,14-15H2,(H,22,24)/b13-12+. The molecular formula is C21H22N2O5. The first kappa shape index (κ1) is 19.6. The highest BCUT2D eigenvalue weighted by molar-refractivity contribution is 6.03. The van der Waals surface area contributed by atoms with E-state index in [1.165, 1.54) is 18.2 Å². The molecule has 0 aromatic heterocycles. The van der Waals surface area contributed by atoms with Gasteiger partial charge in [0.2, 0.25) is 5.91 Å². The lowest BCUT2D eigenvalue weighted by Gasteiger charge is -2.23. The first-order valence-electron chi connectivity index (χ1n) is 9.19. The van der Waals surface area contributed by atoms with Gasteiger partial charge in [0.1, 0.15) is 12.4 Å². The monoisotopic (exact) mass is 382 g/mol. The van der Waals surface area contributed by atoms with E-state index in [-0.39, 0.29) is 11.8 Å². The second-order valence-electron chi connectivity index (χ2n) is 6.43. The molecule has 1 aliphatic rings. The van der Waals surface area contributed by atoms with Crippen LogP contribution in [0.25, 0.3) is 6.08 Å². The van der Waals surface area contributed by atoms with Crippen LogP contribution in [0.3, 0.4) is 0 Å². The van der Waals surface area contributed by atoms with E-state index >= 15 is 0 Å². The molecule has 1 fully saturated rings. The van der Waals surface area contributed by atoms with Crippen molar-refractivity contribution >= 4 is 23.4 Å². The van der Waals surface area contributed by atoms with Crippen LogP contribution < -0.4 is 10.1 Å². The molecule has 0 saturated carbocycles. The summed E-state index contributed by atoms with van der Waals surface area (Å²) in [4.78, 5) is 22.8. The van der Waals surface area contributed by atoms with Crippen molar-refractivity contribution in [3.63, 3.8) is 0 Å². The van der Waals surface area contributed by atoms with E-state index in [0.717, 1.165) is 25.9 Å². The Morgan fingerprint density at radius 1 is 1.21 bits per heavy atom. The Morgan fingerprint density at radius 2 is 2.00 bits per heavy atom. The Labute approximate surface area is 163 Å². The molecule has 3 rings (SSSR count). The van der Waals surface area contributed by atoms with E-state index in [2.05, 4.69) is 5.32 Å². The van der Waals surface area contributed by atoms with Crippen molar-refractivity contribution in [2.24, 2.45) is 0 Å². The summed E-state index contributed by atoms with van der Waals surface area (Å²) in [5.41, 5.74) is 0.847. The third kappa shape index (κ3) is 5.40.